The van der Waals surface area contributed by atoms with Gasteiger partial charge in [-0.15, -0.1) is 0 Å². The monoisotopic (exact) mass is 310 g/mol. The number of halogens is 1. The molecule has 1 aromatic carbocycles. The van der Waals surface area contributed by atoms with Crippen molar-refractivity contribution in [2.24, 2.45) is 0 Å². The zero-order valence-electron chi connectivity index (χ0n) is 11.7. The number of rotatable bonds is 4. The molecule has 100 valence electrons. The van der Waals surface area contributed by atoms with Crippen LogP contribution >= 0.6 is 15.9 Å². The van der Waals surface area contributed by atoms with Crippen LogP contribution in [0.25, 0.3) is 0 Å². The third-order valence-corrected chi connectivity index (χ3v) is 4.61. The van der Waals surface area contributed by atoms with E-state index in [9.17, 15) is 0 Å². The van der Waals surface area contributed by atoms with E-state index in [1.807, 2.05) is 7.05 Å². The molecule has 18 heavy (non-hydrogen) atoms. The van der Waals surface area contributed by atoms with Crippen molar-refractivity contribution in [3.05, 3.63) is 28.2 Å². The number of nitrogens with one attached hydrogen (secondary N) is 1. The highest BCUT2D eigenvalue weighted by Crippen LogP contribution is 2.43. The Morgan fingerprint density at radius 3 is 2.72 bits per heavy atom. The van der Waals surface area contributed by atoms with Gasteiger partial charge in [-0.25, -0.2) is 0 Å². The van der Waals surface area contributed by atoms with Gasteiger partial charge in [0, 0.05) is 34.7 Å². The number of hydrogen-bond donors (Lipinski definition) is 1. The van der Waals surface area contributed by atoms with Crippen LogP contribution in [0.4, 0.5) is 5.69 Å². The Balaban J connectivity index is 2.32. The van der Waals surface area contributed by atoms with Crippen molar-refractivity contribution in [2.45, 2.75) is 45.2 Å². The molecule has 2 atom stereocenters. The predicted molar refractivity (Wildman–Crippen MR) is 82.5 cm³/mol. The minimum atomic E-state index is 0.557. The molecule has 2 nitrogen and oxygen atoms in total. The molecule has 0 amide bonds. The van der Waals surface area contributed by atoms with Crippen molar-refractivity contribution >= 4 is 21.6 Å². The highest BCUT2D eigenvalue weighted by atomic mass is 79.9. The van der Waals surface area contributed by atoms with Gasteiger partial charge in [-0.05, 0) is 51.9 Å². The van der Waals surface area contributed by atoms with E-state index < -0.39 is 0 Å². The van der Waals surface area contributed by atoms with Gasteiger partial charge >= 0.3 is 0 Å². The Labute approximate surface area is 119 Å². The average Bonchev–Trinajstić information content (AvgIpc) is 2.69. The van der Waals surface area contributed by atoms with Gasteiger partial charge in [-0.2, -0.15) is 0 Å². The number of hydrogen-bond acceptors (Lipinski definition) is 2. The third kappa shape index (κ3) is 2.57. The lowest BCUT2D eigenvalue weighted by Crippen LogP contribution is -2.31. The van der Waals surface area contributed by atoms with E-state index >= 15 is 0 Å². The maximum absolute atomic E-state index is 3.73. The zero-order valence-corrected chi connectivity index (χ0v) is 13.3. The fourth-order valence-electron chi connectivity index (χ4n) is 2.83. The van der Waals surface area contributed by atoms with E-state index in [4.69, 9.17) is 0 Å². The van der Waals surface area contributed by atoms with Gasteiger partial charge in [-0.3, -0.25) is 0 Å². The average molecular weight is 311 g/mol. The summed E-state index contributed by atoms with van der Waals surface area (Å²) in [6, 6.07) is 7.68. The van der Waals surface area contributed by atoms with E-state index in [1.165, 1.54) is 22.1 Å². The van der Waals surface area contributed by atoms with Crippen molar-refractivity contribution < 1.29 is 0 Å². The Kier molecular flexibility index (Phi) is 4.33. The second kappa shape index (κ2) is 5.62. The molecule has 2 unspecified atom stereocenters. The summed E-state index contributed by atoms with van der Waals surface area (Å²) in [5.74, 6) is 0.625. The normalized spacial score (nSPS) is 20.3. The maximum atomic E-state index is 3.73. The predicted octanol–water partition coefficient (Wildman–Crippen LogP) is 3.76. The molecule has 1 N–H and O–H groups in total. The molecular weight excluding hydrogens is 288 g/mol. The fourth-order valence-corrected chi connectivity index (χ4v) is 3.51. The second-order valence-corrected chi connectivity index (χ2v) is 6.40. The summed E-state index contributed by atoms with van der Waals surface area (Å²) in [4.78, 5) is 2.52. The van der Waals surface area contributed by atoms with E-state index in [2.05, 4.69) is 65.1 Å². The summed E-state index contributed by atoms with van der Waals surface area (Å²) >= 11 is 3.73. The van der Waals surface area contributed by atoms with Crippen LogP contribution in [0.2, 0.25) is 0 Å². The van der Waals surface area contributed by atoms with Gasteiger partial charge in [0.25, 0.3) is 0 Å². The first kappa shape index (κ1) is 13.9. The summed E-state index contributed by atoms with van der Waals surface area (Å²) in [6.07, 6.45) is 1.19. The molecule has 1 aliphatic heterocycles. The molecule has 1 heterocycles. The van der Waals surface area contributed by atoms with Gasteiger partial charge in [0.15, 0.2) is 0 Å². The number of fused-ring (bicyclic) bond motifs is 1. The van der Waals surface area contributed by atoms with Crippen LogP contribution in [-0.2, 0) is 0 Å². The molecule has 1 aliphatic rings. The Morgan fingerprint density at radius 2 is 2.11 bits per heavy atom. The highest BCUT2D eigenvalue weighted by Gasteiger charge is 2.32. The molecule has 3 heteroatoms. The zero-order chi connectivity index (χ0) is 13.3. The van der Waals surface area contributed by atoms with E-state index in [0.29, 0.717) is 18.0 Å². The van der Waals surface area contributed by atoms with Crippen molar-refractivity contribution in [2.75, 3.05) is 18.5 Å². The smallest absolute Gasteiger partial charge is 0.0416 e. The molecule has 0 saturated heterocycles. The van der Waals surface area contributed by atoms with Crippen molar-refractivity contribution in [3.63, 3.8) is 0 Å². The number of anilines is 1. The minimum absolute atomic E-state index is 0.557. The fraction of sp³-hybridized carbons (Fsp3) is 0.600. The summed E-state index contributed by atoms with van der Waals surface area (Å²) in [7, 11) is 2.04. The van der Waals surface area contributed by atoms with Crippen LogP contribution < -0.4 is 10.2 Å². The standard InChI is InChI=1S/C15H23BrN2/c1-10(2)18-9-12(8-11(3)17-4)15-13(16)6-5-7-14(15)18/h5-7,10-12,17H,8-9H2,1-4H3. The quantitative estimate of drug-likeness (QED) is 0.911. The molecular formula is C15H23BrN2. The molecule has 0 radical (unpaired) electrons. The minimum Gasteiger partial charge on any atom is -0.368 e. The maximum Gasteiger partial charge on any atom is 0.0416 e. The second-order valence-electron chi connectivity index (χ2n) is 5.54. The van der Waals surface area contributed by atoms with Crippen LogP contribution in [0.3, 0.4) is 0 Å². The highest BCUT2D eigenvalue weighted by molar-refractivity contribution is 9.10. The third-order valence-electron chi connectivity index (χ3n) is 3.92. The molecule has 0 saturated carbocycles. The largest absolute Gasteiger partial charge is 0.368 e. The summed E-state index contributed by atoms with van der Waals surface area (Å²) in [5, 5.41) is 3.35. The summed E-state index contributed by atoms with van der Waals surface area (Å²) in [5.41, 5.74) is 2.90. The van der Waals surface area contributed by atoms with Gasteiger partial charge in [0.05, 0.1) is 0 Å². The first-order valence-electron chi connectivity index (χ1n) is 6.77. The summed E-state index contributed by atoms with van der Waals surface area (Å²) < 4.78 is 1.26. The van der Waals surface area contributed by atoms with E-state index in [-0.39, 0.29) is 0 Å². The first-order chi connectivity index (χ1) is 8.54. The van der Waals surface area contributed by atoms with E-state index in [1.54, 1.807) is 0 Å². The SMILES string of the molecule is CNC(C)CC1CN(C(C)C)c2cccc(Br)c21. The van der Waals surface area contributed by atoms with Crippen LogP contribution in [0, 0.1) is 0 Å². The Hall–Kier alpha value is -0.540. The lowest BCUT2D eigenvalue weighted by molar-refractivity contribution is 0.499. The van der Waals surface area contributed by atoms with Crippen molar-refractivity contribution in [3.8, 4) is 0 Å². The molecule has 1 aromatic rings. The van der Waals surface area contributed by atoms with E-state index in [0.717, 1.165) is 6.54 Å². The lowest BCUT2D eigenvalue weighted by Gasteiger charge is -2.25. The van der Waals surface area contributed by atoms with Crippen LogP contribution in [-0.4, -0.2) is 25.7 Å². The molecule has 0 bridgehead atoms. The van der Waals surface area contributed by atoms with Crippen molar-refractivity contribution in [1.82, 2.24) is 5.32 Å². The van der Waals surface area contributed by atoms with Crippen LogP contribution in [0.5, 0.6) is 0 Å². The Bertz CT molecular complexity index is 417. The topological polar surface area (TPSA) is 15.3 Å². The molecule has 0 aromatic heterocycles. The number of benzene rings is 1. The lowest BCUT2D eigenvalue weighted by atomic mass is 9.94. The number of nitrogens with zero attached hydrogens (tertiary/aromatic N) is 1. The van der Waals surface area contributed by atoms with Crippen LogP contribution in [0.1, 0.15) is 38.7 Å². The molecule has 0 spiro atoms. The van der Waals surface area contributed by atoms with Gasteiger partial charge in [0.2, 0.25) is 0 Å². The molecule has 0 aliphatic carbocycles. The summed E-state index contributed by atoms with van der Waals surface area (Å²) in [6.45, 7) is 7.94. The van der Waals surface area contributed by atoms with Gasteiger partial charge in [-0.1, -0.05) is 22.0 Å². The molecule has 2 rings (SSSR count). The van der Waals surface area contributed by atoms with Gasteiger partial charge in [0.1, 0.15) is 0 Å². The van der Waals surface area contributed by atoms with Gasteiger partial charge < -0.3 is 10.2 Å². The molecule has 0 fully saturated rings. The first-order valence-corrected chi connectivity index (χ1v) is 7.56. The van der Waals surface area contributed by atoms with Crippen LogP contribution in [0.15, 0.2) is 22.7 Å². The Morgan fingerprint density at radius 1 is 1.39 bits per heavy atom. The van der Waals surface area contributed by atoms with Crippen molar-refractivity contribution in [1.29, 1.82) is 0 Å².